The minimum Gasteiger partial charge on any atom is -0.478 e. The van der Waals surface area contributed by atoms with Crippen molar-refractivity contribution in [1.29, 1.82) is 0 Å². The van der Waals surface area contributed by atoms with Gasteiger partial charge in [-0.15, -0.1) is 0 Å². The molecule has 4 bridgehead atoms. The maximum Gasteiger partial charge on any atom is 0.339 e. The zero-order valence-electron chi connectivity index (χ0n) is 50.8. The van der Waals surface area contributed by atoms with E-state index in [2.05, 4.69) is 13.2 Å². The largest absolute Gasteiger partial charge is 0.478 e. The van der Waals surface area contributed by atoms with Crippen molar-refractivity contribution in [3.05, 3.63) is 127 Å². The third-order valence-corrected chi connectivity index (χ3v) is 19.1. The monoisotopic (exact) mass is 1310 g/mol. The van der Waals surface area contributed by atoms with Crippen LogP contribution in [0.4, 0.5) is 0 Å². The van der Waals surface area contributed by atoms with Crippen LogP contribution in [0.25, 0.3) is 0 Å². The Labute approximate surface area is 534 Å². The van der Waals surface area contributed by atoms with E-state index in [9.17, 15) is 97.8 Å². The molecule has 0 aromatic heterocycles. The van der Waals surface area contributed by atoms with Crippen LogP contribution >= 0.6 is 0 Å². The molecular weight excluding hydrogens is 1240 g/mol. The van der Waals surface area contributed by atoms with Gasteiger partial charge in [-0.3, -0.25) is 0 Å². The lowest BCUT2D eigenvalue weighted by Gasteiger charge is -2.31. The van der Waals surface area contributed by atoms with Gasteiger partial charge in [0, 0.05) is 11.1 Å². The van der Waals surface area contributed by atoms with Crippen LogP contribution in [-0.2, 0) is 47.5 Å². The molecule has 6 aliphatic carbocycles. The van der Waals surface area contributed by atoms with Gasteiger partial charge in [0.25, 0.3) is 0 Å². The lowest BCUT2D eigenvalue weighted by Crippen LogP contribution is -2.28. The van der Waals surface area contributed by atoms with E-state index in [4.69, 9.17) is 37.9 Å². The number of rotatable bonds is 28. The summed E-state index contributed by atoms with van der Waals surface area (Å²) in [5.74, 6) is -18.5. The molecule has 498 valence electrons. The van der Waals surface area contributed by atoms with Gasteiger partial charge in [-0.2, -0.15) is 0 Å². The van der Waals surface area contributed by atoms with Crippen LogP contribution < -0.4 is 0 Å². The molecule has 12 atom stereocenters. The molecule has 6 fully saturated rings. The maximum atomic E-state index is 13.9. The van der Waals surface area contributed by atoms with Gasteiger partial charge in [-0.25, -0.2) is 67.1 Å². The molecule has 0 heterocycles. The summed E-state index contributed by atoms with van der Waals surface area (Å²) >= 11 is 0. The zero-order chi connectivity index (χ0) is 68.3. The number of esters is 8. The lowest BCUT2D eigenvalue weighted by atomic mass is 9.76. The molecule has 0 saturated heterocycles. The van der Waals surface area contributed by atoms with Gasteiger partial charge < -0.3 is 68.5 Å². The first-order valence-electron chi connectivity index (χ1n) is 30.1. The number of aromatic carboxylic acids is 6. The zero-order valence-corrected chi connectivity index (χ0v) is 50.8. The van der Waals surface area contributed by atoms with Gasteiger partial charge in [0.2, 0.25) is 0 Å². The second kappa shape index (κ2) is 28.3. The summed E-state index contributed by atoms with van der Waals surface area (Å²) in [4.78, 5) is 178. The van der Waals surface area contributed by atoms with E-state index < -0.39 is 177 Å². The van der Waals surface area contributed by atoms with E-state index >= 15 is 0 Å². The normalized spacial score (nSPS) is 23.9. The first-order valence-corrected chi connectivity index (χ1v) is 30.1. The number of fused-ring (bicyclic) bond motifs is 10. The molecule has 28 nitrogen and oxygen atoms in total. The van der Waals surface area contributed by atoms with Crippen LogP contribution in [0, 0.1) is 71.0 Å². The second-order valence-electron chi connectivity index (χ2n) is 24.8. The van der Waals surface area contributed by atoms with Crippen LogP contribution in [0.1, 0.15) is 190 Å². The highest BCUT2D eigenvalue weighted by atomic mass is 16.6. The second-order valence-corrected chi connectivity index (χ2v) is 24.8. The first-order chi connectivity index (χ1) is 44.5. The topological polar surface area (TPSA) is 434 Å². The molecule has 0 amide bonds. The molecular formula is C66H66O28. The molecule has 0 radical (unpaired) electrons. The molecule has 9 rings (SSSR count). The van der Waals surface area contributed by atoms with Crippen LogP contribution in [0.2, 0.25) is 0 Å². The van der Waals surface area contributed by atoms with Crippen LogP contribution in [-0.4, -0.2) is 167 Å². The smallest absolute Gasteiger partial charge is 0.339 e. The average molecular weight is 1310 g/mol. The van der Waals surface area contributed by atoms with Gasteiger partial charge in [0.1, 0.15) is 26.4 Å². The predicted molar refractivity (Wildman–Crippen MR) is 313 cm³/mol. The summed E-state index contributed by atoms with van der Waals surface area (Å²) in [5.41, 5.74) is -8.05. The Balaban J connectivity index is 0.779. The number of carboxylic acids is 6. The molecule has 3 aromatic rings. The number of carbonyl (C=O) groups is 14. The Morgan fingerprint density at radius 1 is 0.309 bits per heavy atom. The first kappa shape index (κ1) is 68.1. The fourth-order valence-electron chi connectivity index (χ4n) is 15.2. The number of ether oxygens (including phenoxy) is 8. The summed E-state index contributed by atoms with van der Waals surface area (Å²) in [7, 11) is 0. The molecule has 3 aromatic carbocycles. The molecule has 6 N–H and O–H groups in total. The Bertz CT molecular complexity index is 3740. The van der Waals surface area contributed by atoms with Gasteiger partial charge in [0.05, 0.1) is 93.2 Å². The Hall–Kier alpha value is -10.3. The number of hydrogen-bond donors (Lipinski definition) is 6. The number of carboxylic acid groups (broad SMARTS) is 6. The highest BCUT2D eigenvalue weighted by Crippen LogP contribution is 2.63. The molecule has 6 aliphatic rings. The Morgan fingerprint density at radius 2 is 0.543 bits per heavy atom. The number of benzene rings is 3. The average Bonchev–Trinajstić information content (AvgIpc) is 1.58. The number of carbonyl (C=O) groups excluding carboxylic acids is 8. The van der Waals surface area contributed by atoms with Crippen LogP contribution in [0.15, 0.2) is 60.7 Å². The molecule has 12 unspecified atom stereocenters. The summed E-state index contributed by atoms with van der Waals surface area (Å²) in [6.45, 7) is 7.17. The van der Waals surface area contributed by atoms with E-state index in [1.807, 2.05) is 0 Å². The molecule has 94 heavy (non-hydrogen) atoms. The highest BCUT2D eigenvalue weighted by molar-refractivity contribution is 6.12. The van der Waals surface area contributed by atoms with Crippen molar-refractivity contribution >= 4 is 83.6 Å². The van der Waals surface area contributed by atoms with Crippen LogP contribution in [0.3, 0.4) is 0 Å². The van der Waals surface area contributed by atoms with E-state index in [0.29, 0.717) is 56.7 Å². The quantitative estimate of drug-likeness (QED) is 0.0183. The standard InChI is InChI=1S/C66H66O28/c1-27(2)59(79)87-5-7-89-61(81)47-20-49(43(55(71)72)17-41(47)53(67)68)63(83)91-23-29-9-35-32-14-34(38(16-32)39(35)11-29)26-94-66(86)52-22-50(44(56(73)74)19-46(52)58(77)78)64(84)92-24-30-10-36-31-13-33(37(15-31)40(36)12-30)25-93-65(85)51-21-48(42(54(69)70)18-45(51)57(75)76)62(82)90-8-6-88-60(80)28(3)4/h17-22,29-40H,1,3,5-16,23-26H2,2,4H3,(H,67,68)(H,69,70)(H,71,72)(H,73,74)(H,75,76)(H,77,78). The van der Waals surface area contributed by atoms with Crippen molar-refractivity contribution < 1.29 is 136 Å². The summed E-state index contributed by atoms with van der Waals surface area (Å²) < 4.78 is 42.5. The van der Waals surface area contributed by atoms with Crippen molar-refractivity contribution in [2.75, 3.05) is 52.9 Å². The van der Waals surface area contributed by atoms with Gasteiger partial charge >= 0.3 is 83.6 Å². The molecule has 0 aliphatic heterocycles. The fraction of sp³-hybridized carbons (Fsp3) is 0.455. The third kappa shape index (κ3) is 14.5. The van der Waals surface area contributed by atoms with E-state index in [-0.39, 0.29) is 109 Å². The van der Waals surface area contributed by atoms with Crippen molar-refractivity contribution in [3.8, 4) is 0 Å². The molecule has 6 saturated carbocycles. The van der Waals surface area contributed by atoms with Crippen molar-refractivity contribution in [3.63, 3.8) is 0 Å². The van der Waals surface area contributed by atoms with Crippen LogP contribution in [0.5, 0.6) is 0 Å². The summed E-state index contributed by atoms with van der Waals surface area (Å²) in [5, 5.41) is 59.9. The minimum absolute atomic E-state index is 0.0256. The number of hydrogen-bond acceptors (Lipinski definition) is 22. The Kier molecular flexibility index (Phi) is 20.5. The van der Waals surface area contributed by atoms with Gasteiger partial charge in [-0.1, -0.05) is 13.2 Å². The van der Waals surface area contributed by atoms with Crippen molar-refractivity contribution in [1.82, 2.24) is 0 Å². The van der Waals surface area contributed by atoms with Gasteiger partial charge in [0.15, 0.2) is 0 Å². The summed E-state index contributed by atoms with van der Waals surface area (Å²) in [6, 6.07) is 4.35. The van der Waals surface area contributed by atoms with Crippen molar-refractivity contribution in [2.24, 2.45) is 71.0 Å². The van der Waals surface area contributed by atoms with E-state index in [0.717, 1.165) is 31.0 Å². The lowest BCUT2D eigenvalue weighted by molar-refractivity contribution is -0.140. The predicted octanol–water partition coefficient (Wildman–Crippen LogP) is 7.05. The molecule has 28 heteroatoms. The third-order valence-electron chi connectivity index (χ3n) is 19.1. The highest BCUT2D eigenvalue weighted by Gasteiger charge is 2.57. The maximum absolute atomic E-state index is 13.9. The van der Waals surface area contributed by atoms with E-state index in [1.165, 1.54) is 13.8 Å². The summed E-state index contributed by atoms with van der Waals surface area (Å²) in [6.07, 6.45) is 5.22. The van der Waals surface area contributed by atoms with E-state index in [1.54, 1.807) is 0 Å². The van der Waals surface area contributed by atoms with Crippen molar-refractivity contribution in [2.45, 2.75) is 65.2 Å². The minimum atomic E-state index is -1.69. The molecule has 0 spiro atoms. The van der Waals surface area contributed by atoms with Gasteiger partial charge in [-0.05, 0) is 173 Å². The SMILES string of the molecule is C=C(C)C(=O)OCCOC(=O)c1cc(C(=O)OCC2CC3C4CC(COC(=O)c5cc(C(=O)OCC6CC7C8CC(COC(=O)c9cc(C(=O)OCCOC(=O)C(=C)C)c(C(=O)O)cc9C(=O)O)C(C8)C7C6)c(C(=O)O)cc5C(=O)O)C(C4)C3C2)c(C(=O)O)cc1C(=O)O. The fourth-order valence-corrected chi connectivity index (χ4v) is 15.2. The Morgan fingerprint density at radius 3 is 0.809 bits per heavy atom.